The molecule has 1 aliphatic heterocycles. The van der Waals surface area contributed by atoms with Gasteiger partial charge >= 0.3 is 5.97 Å². The molecule has 1 aromatic carbocycles. The Bertz CT molecular complexity index is 953. The molecule has 25 heavy (non-hydrogen) atoms. The number of carboxylic acids is 1. The smallest absolute Gasteiger partial charge is 0.328 e. The lowest BCUT2D eigenvalue weighted by molar-refractivity contribution is -0.131. The molecule has 0 spiro atoms. The topological polar surface area (TPSA) is 96.8 Å². The van der Waals surface area contributed by atoms with E-state index in [-0.39, 0.29) is 11.4 Å². The number of carbonyl (C=O) groups is 1. The first-order valence-electron chi connectivity index (χ1n) is 7.48. The fraction of sp³-hybridized carbons (Fsp3) is 0.176. The molecule has 0 saturated carbocycles. The number of pyridine rings is 1. The van der Waals surface area contributed by atoms with Crippen LogP contribution in [-0.4, -0.2) is 38.1 Å². The van der Waals surface area contributed by atoms with Crippen LogP contribution in [0.25, 0.3) is 6.08 Å². The average molecular weight is 360 g/mol. The second-order valence-electron chi connectivity index (χ2n) is 5.43. The van der Waals surface area contributed by atoms with Crippen molar-refractivity contribution in [2.45, 2.75) is 11.3 Å². The highest BCUT2D eigenvalue weighted by Crippen LogP contribution is 2.32. The van der Waals surface area contributed by atoms with Crippen LogP contribution in [-0.2, 0) is 21.2 Å². The highest BCUT2D eigenvalue weighted by molar-refractivity contribution is 7.92. The van der Waals surface area contributed by atoms with E-state index in [0.717, 1.165) is 11.6 Å². The fourth-order valence-corrected chi connectivity index (χ4v) is 4.13. The molecule has 2 heterocycles. The summed E-state index contributed by atoms with van der Waals surface area (Å²) in [6.07, 6.45) is 4.41. The van der Waals surface area contributed by atoms with Crippen LogP contribution in [0.4, 0.5) is 5.82 Å². The summed E-state index contributed by atoms with van der Waals surface area (Å²) in [6, 6.07) is 8.03. The van der Waals surface area contributed by atoms with E-state index in [9.17, 15) is 13.2 Å². The van der Waals surface area contributed by atoms with Crippen LogP contribution < -0.4 is 9.04 Å². The number of hydrogen-bond donors (Lipinski definition) is 1. The van der Waals surface area contributed by atoms with Crippen molar-refractivity contribution in [1.82, 2.24) is 4.98 Å². The third-order valence-corrected chi connectivity index (χ3v) is 5.62. The lowest BCUT2D eigenvalue weighted by Gasteiger charge is -2.19. The number of aromatic nitrogens is 1. The third-order valence-electron chi connectivity index (χ3n) is 3.83. The van der Waals surface area contributed by atoms with Gasteiger partial charge in [-0.3, -0.25) is 0 Å². The highest BCUT2D eigenvalue weighted by atomic mass is 32.2. The quantitative estimate of drug-likeness (QED) is 0.819. The van der Waals surface area contributed by atoms with E-state index in [1.54, 1.807) is 18.2 Å². The molecule has 0 fully saturated rings. The minimum Gasteiger partial charge on any atom is -0.497 e. The van der Waals surface area contributed by atoms with E-state index in [1.807, 2.05) is 0 Å². The number of fused-ring (bicyclic) bond motifs is 1. The second-order valence-corrected chi connectivity index (χ2v) is 7.29. The molecule has 7 nitrogen and oxygen atoms in total. The Labute approximate surface area is 145 Å². The zero-order valence-corrected chi connectivity index (χ0v) is 14.2. The van der Waals surface area contributed by atoms with Crippen molar-refractivity contribution >= 4 is 27.9 Å². The predicted octanol–water partition coefficient (Wildman–Crippen LogP) is 1.94. The van der Waals surface area contributed by atoms with E-state index in [2.05, 4.69) is 4.98 Å². The molecule has 0 radical (unpaired) electrons. The normalized spacial score (nSPS) is 13.9. The number of aliphatic carboxylic acids is 1. The molecule has 0 bridgehead atoms. The van der Waals surface area contributed by atoms with Gasteiger partial charge in [0.1, 0.15) is 11.6 Å². The van der Waals surface area contributed by atoms with Crippen molar-refractivity contribution in [1.29, 1.82) is 0 Å². The van der Waals surface area contributed by atoms with E-state index in [4.69, 9.17) is 9.84 Å². The van der Waals surface area contributed by atoms with Crippen LogP contribution in [0.15, 0.2) is 47.5 Å². The fourth-order valence-electron chi connectivity index (χ4n) is 2.64. The van der Waals surface area contributed by atoms with Crippen LogP contribution in [0.3, 0.4) is 0 Å². The molecule has 0 aliphatic carbocycles. The number of sulfonamides is 1. The van der Waals surface area contributed by atoms with Gasteiger partial charge in [0.2, 0.25) is 0 Å². The number of ether oxygens (including phenoxy) is 1. The highest BCUT2D eigenvalue weighted by Gasteiger charge is 2.32. The summed E-state index contributed by atoms with van der Waals surface area (Å²) >= 11 is 0. The van der Waals surface area contributed by atoms with Gasteiger partial charge in [0.15, 0.2) is 0 Å². The monoisotopic (exact) mass is 360 g/mol. The summed E-state index contributed by atoms with van der Waals surface area (Å²) in [5.74, 6) is -0.222. The molecule has 0 saturated heterocycles. The number of anilines is 1. The number of rotatable bonds is 5. The van der Waals surface area contributed by atoms with Crippen molar-refractivity contribution in [2.75, 3.05) is 18.0 Å². The summed E-state index contributed by atoms with van der Waals surface area (Å²) in [5, 5.41) is 8.68. The number of carboxylic acid groups (broad SMARTS) is 1. The van der Waals surface area contributed by atoms with Crippen LogP contribution >= 0.6 is 0 Å². The molecule has 3 rings (SSSR count). The summed E-state index contributed by atoms with van der Waals surface area (Å²) in [7, 11) is -2.27. The van der Waals surface area contributed by atoms with Gasteiger partial charge in [-0.15, -0.1) is 0 Å². The summed E-state index contributed by atoms with van der Waals surface area (Å²) in [6.45, 7) is 0.286. The molecule has 0 atom stereocenters. The van der Waals surface area contributed by atoms with Gasteiger partial charge in [0, 0.05) is 24.9 Å². The first-order chi connectivity index (χ1) is 11.9. The van der Waals surface area contributed by atoms with Crippen LogP contribution in [0.5, 0.6) is 5.75 Å². The van der Waals surface area contributed by atoms with Crippen molar-refractivity contribution in [3.8, 4) is 5.75 Å². The Morgan fingerprint density at radius 2 is 2.16 bits per heavy atom. The molecule has 2 aromatic rings. The Balaban J connectivity index is 1.95. The minimum atomic E-state index is -3.74. The molecule has 8 heteroatoms. The largest absolute Gasteiger partial charge is 0.497 e. The number of methoxy groups -OCH3 is 1. The minimum absolute atomic E-state index is 0.136. The zero-order valence-electron chi connectivity index (χ0n) is 13.4. The van der Waals surface area contributed by atoms with E-state index < -0.39 is 16.0 Å². The summed E-state index contributed by atoms with van der Waals surface area (Å²) < 4.78 is 32.2. The molecular weight excluding hydrogens is 344 g/mol. The maximum Gasteiger partial charge on any atom is 0.328 e. The van der Waals surface area contributed by atoms with Crippen molar-refractivity contribution in [3.63, 3.8) is 0 Å². The predicted molar refractivity (Wildman–Crippen MR) is 92.1 cm³/mol. The molecule has 130 valence electrons. The van der Waals surface area contributed by atoms with Gasteiger partial charge in [0.05, 0.1) is 12.0 Å². The molecule has 1 N–H and O–H groups in total. The molecular formula is C17H16N2O5S. The molecule has 0 unspecified atom stereocenters. The average Bonchev–Trinajstić information content (AvgIpc) is 3.04. The second kappa shape index (κ2) is 6.56. The Morgan fingerprint density at radius 3 is 2.88 bits per heavy atom. The summed E-state index contributed by atoms with van der Waals surface area (Å²) in [4.78, 5) is 15.0. The summed E-state index contributed by atoms with van der Waals surface area (Å²) in [5.41, 5.74) is 1.38. The number of hydrogen-bond acceptors (Lipinski definition) is 5. The van der Waals surface area contributed by atoms with E-state index >= 15 is 0 Å². The van der Waals surface area contributed by atoms with Gasteiger partial charge in [0.25, 0.3) is 10.0 Å². The SMILES string of the molecule is COc1cccc(S(=O)(=O)N2CCc3cc(/C=C/C(=O)O)cnc32)c1. The van der Waals surface area contributed by atoms with Gasteiger partial charge in [-0.05, 0) is 41.8 Å². The van der Waals surface area contributed by atoms with Crippen LogP contribution in [0.2, 0.25) is 0 Å². The lowest BCUT2D eigenvalue weighted by Crippen LogP contribution is -2.29. The Hall–Kier alpha value is -2.87. The number of benzene rings is 1. The molecule has 1 aliphatic rings. The Kier molecular flexibility index (Phi) is 4.45. The maximum absolute atomic E-state index is 12.9. The maximum atomic E-state index is 12.9. The zero-order chi connectivity index (χ0) is 18.0. The lowest BCUT2D eigenvalue weighted by atomic mass is 10.1. The standard InChI is InChI=1S/C17H16N2O5S/c1-24-14-3-2-4-15(10-14)25(22,23)19-8-7-13-9-12(5-6-16(20)21)11-18-17(13)19/h2-6,9-11H,7-8H2,1H3,(H,20,21)/b6-5+. The third kappa shape index (κ3) is 3.34. The van der Waals surface area contributed by atoms with Gasteiger partial charge in [-0.25, -0.2) is 22.5 Å². The number of nitrogens with zero attached hydrogens (tertiary/aromatic N) is 2. The van der Waals surface area contributed by atoms with E-state index in [0.29, 0.717) is 23.6 Å². The first-order valence-corrected chi connectivity index (χ1v) is 8.92. The van der Waals surface area contributed by atoms with Crippen molar-refractivity contribution < 1.29 is 23.1 Å². The van der Waals surface area contributed by atoms with Crippen molar-refractivity contribution in [3.05, 3.63) is 53.7 Å². The molecule has 0 amide bonds. The first kappa shape index (κ1) is 17.0. The Morgan fingerprint density at radius 1 is 1.36 bits per heavy atom. The van der Waals surface area contributed by atoms with Gasteiger partial charge < -0.3 is 9.84 Å². The van der Waals surface area contributed by atoms with Crippen LogP contribution in [0.1, 0.15) is 11.1 Å². The van der Waals surface area contributed by atoms with Gasteiger partial charge in [-0.1, -0.05) is 6.07 Å². The van der Waals surface area contributed by atoms with E-state index in [1.165, 1.54) is 35.8 Å². The molecule has 1 aromatic heterocycles. The van der Waals surface area contributed by atoms with Crippen LogP contribution in [0, 0.1) is 0 Å². The van der Waals surface area contributed by atoms with Gasteiger partial charge in [-0.2, -0.15) is 0 Å². The van der Waals surface area contributed by atoms with Crippen molar-refractivity contribution in [2.24, 2.45) is 0 Å².